The van der Waals surface area contributed by atoms with E-state index < -0.39 is 61.9 Å². The molecule has 0 aromatic carbocycles. The van der Waals surface area contributed by atoms with Crippen LogP contribution in [0.4, 0.5) is 61.5 Å². The average molecular weight is 638 g/mol. The van der Waals surface area contributed by atoms with Crippen LogP contribution in [0.1, 0.15) is 19.3 Å². The lowest BCUT2D eigenvalue weighted by Crippen LogP contribution is -2.59. The number of hydrogen-bond donors (Lipinski definition) is 0. The second kappa shape index (κ2) is 12.1. The van der Waals surface area contributed by atoms with Crippen LogP contribution in [0.25, 0.3) is 4.13 Å². The Morgan fingerprint density at radius 3 is 1.50 bits per heavy atom. The van der Waals surface area contributed by atoms with Gasteiger partial charge in [0.05, 0.1) is 26.7 Å². The standard InChI is InChI=1S/C13H20F8NO.C2F6NO4S2/c1-22(5-3-2-4-6-22)7-8-23-9-11(16,17)13(20,21)12(18,19)10(14)15;3-1(4,5)14(10,11)9-15(12,13)2(6,7)8/h10H,2-9H2,1H3;/q+1;-1. The molecule has 0 N–H and O–H groups in total. The molecule has 0 aliphatic carbocycles. The number of rotatable bonds is 10. The number of quaternary nitrogens is 1. The van der Waals surface area contributed by atoms with Gasteiger partial charge in [0, 0.05) is 0 Å². The minimum Gasteiger partial charge on any atom is -0.421 e. The van der Waals surface area contributed by atoms with E-state index in [1.165, 1.54) is 0 Å². The molecule has 1 rings (SSSR count). The topological polar surface area (TPSA) is 91.6 Å². The van der Waals surface area contributed by atoms with Gasteiger partial charge in [0.15, 0.2) is 20.0 Å². The Balaban J connectivity index is 0.000000793. The summed E-state index contributed by atoms with van der Waals surface area (Å²) >= 11 is 0. The van der Waals surface area contributed by atoms with Crippen molar-refractivity contribution in [2.75, 3.05) is 39.9 Å². The van der Waals surface area contributed by atoms with Gasteiger partial charge in [-0.3, -0.25) is 0 Å². The van der Waals surface area contributed by atoms with E-state index in [0.29, 0.717) is 4.48 Å². The van der Waals surface area contributed by atoms with Crippen molar-refractivity contribution in [3.05, 3.63) is 4.13 Å². The molecule has 1 fully saturated rings. The molecule has 0 amide bonds. The first-order valence-corrected chi connectivity index (χ1v) is 12.6. The zero-order valence-electron chi connectivity index (χ0n) is 18.8. The van der Waals surface area contributed by atoms with Crippen LogP contribution in [-0.4, -0.2) is 96.4 Å². The van der Waals surface area contributed by atoms with E-state index in [1.807, 2.05) is 7.05 Å². The highest BCUT2D eigenvalue weighted by Crippen LogP contribution is 2.48. The first-order chi connectivity index (χ1) is 16.6. The molecule has 38 heavy (non-hydrogen) atoms. The molecule has 0 saturated carbocycles. The number of piperidine rings is 1. The molecule has 230 valence electrons. The van der Waals surface area contributed by atoms with Crippen molar-refractivity contribution in [1.82, 2.24) is 0 Å². The van der Waals surface area contributed by atoms with E-state index in [4.69, 9.17) is 0 Å². The van der Waals surface area contributed by atoms with E-state index in [1.54, 1.807) is 0 Å². The van der Waals surface area contributed by atoms with Gasteiger partial charge < -0.3 is 13.3 Å². The highest BCUT2D eigenvalue weighted by Gasteiger charge is 2.75. The van der Waals surface area contributed by atoms with Gasteiger partial charge in [-0.25, -0.2) is 25.6 Å². The third-order valence-corrected chi connectivity index (χ3v) is 7.63. The summed E-state index contributed by atoms with van der Waals surface area (Å²) in [5.74, 6) is -17.7. The number of hydrogen-bond acceptors (Lipinski definition) is 5. The number of likely N-dealkylation sites (N-methyl/N-ethyl adjacent to an activating group) is 1. The maximum atomic E-state index is 13.2. The zero-order valence-corrected chi connectivity index (χ0v) is 20.4. The van der Waals surface area contributed by atoms with Crippen LogP contribution in [0.5, 0.6) is 0 Å². The summed E-state index contributed by atoms with van der Waals surface area (Å²) in [5, 5.41) is 0. The van der Waals surface area contributed by atoms with E-state index in [2.05, 4.69) is 4.74 Å². The van der Waals surface area contributed by atoms with E-state index in [9.17, 15) is 78.3 Å². The Bertz CT molecular complexity index is 933. The molecular formula is C15H20F14N2O5S2. The highest BCUT2D eigenvalue weighted by molar-refractivity contribution is 8.13. The second-order valence-corrected chi connectivity index (χ2v) is 11.4. The van der Waals surface area contributed by atoms with Crippen molar-refractivity contribution in [2.45, 2.75) is 54.5 Å². The van der Waals surface area contributed by atoms with Crippen molar-refractivity contribution in [1.29, 1.82) is 0 Å². The molecule has 1 aliphatic heterocycles. The SMILES string of the molecule is C[N+]1(CCOCC(F)(F)C(F)(F)C(F)(F)C(F)F)CCCCC1.O=S(=O)([N-]S(=O)(=O)C(F)(F)F)C(F)(F)F. The third-order valence-electron chi connectivity index (χ3n) is 4.89. The summed E-state index contributed by atoms with van der Waals surface area (Å²) < 4.78 is 216. The van der Waals surface area contributed by atoms with Gasteiger partial charge in [0.1, 0.15) is 13.2 Å². The van der Waals surface area contributed by atoms with Gasteiger partial charge >= 0.3 is 35.2 Å². The van der Waals surface area contributed by atoms with Gasteiger partial charge in [0.2, 0.25) is 0 Å². The Morgan fingerprint density at radius 2 is 1.16 bits per heavy atom. The van der Waals surface area contributed by atoms with E-state index in [0.717, 1.165) is 36.5 Å². The molecule has 23 heteroatoms. The lowest BCUT2D eigenvalue weighted by atomic mass is 10.1. The Kier molecular flexibility index (Phi) is 11.7. The fraction of sp³-hybridized carbons (Fsp3) is 1.00. The molecular weight excluding hydrogens is 618 g/mol. The summed E-state index contributed by atoms with van der Waals surface area (Å²) in [6, 6.07) is 0. The lowest BCUT2D eigenvalue weighted by molar-refractivity contribution is -0.914. The number of likely N-dealkylation sites (tertiary alicyclic amines) is 1. The quantitative estimate of drug-likeness (QED) is 0.194. The smallest absolute Gasteiger partial charge is 0.421 e. The van der Waals surface area contributed by atoms with Crippen LogP contribution in [0, 0.1) is 0 Å². The average Bonchev–Trinajstić information content (AvgIpc) is 2.69. The normalized spacial score (nSPS) is 18.2. The summed E-state index contributed by atoms with van der Waals surface area (Å²) in [4.78, 5) is 0. The van der Waals surface area contributed by atoms with Crippen LogP contribution in [-0.2, 0) is 24.8 Å². The first kappa shape index (κ1) is 36.8. The molecule has 0 radical (unpaired) electrons. The van der Waals surface area contributed by atoms with Gasteiger partial charge in [-0.1, -0.05) is 0 Å². The fourth-order valence-corrected chi connectivity index (χ4v) is 4.38. The molecule has 0 bridgehead atoms. The van der Waals surface area contributed by atoms with E-state index in [-0.39, 0.29) is 13.2 Å². The van der Waals surface area contributed by atoms with Crippen molar-refractivity contribution in [3.8, 4) is 0 Å². The fourth-order valence-electron chi connectivity index (χ4n) is 2.67. The molecule has 0 unspecified atom stereocenters. The predicted octanol–water partition coefficient (Wildman–Crippen LogP) is 4.86. The summed E-state index contributed by atoms with van der Waals surface area (Å²) in [5.41, 5.74) is -12.4. The van der Waals surface area contributed by atoms with Crippen LogP contribution >= 0.6 is 0 Å². The molecule has 1 heterocycles. The molecule has 7 nitrogen and oxygen atoms in total. The summed E-state index contributed by atoms with van der Waals surface area (Å²) in [7, 11) is -11.6. The minimum atomic E-state index is -6.72. The Hall–Kier alpha value is -1.20. The number of alkyl halides is 14. The number of halogens is 14. The largest absolute Gasteiger partial charge is 0.480 e. The molecule has 0 aromatic heterocycles. The summed E-state index contributed by atoms with van der Waals surface area (Å²) in [6.07, 6.45) is -1.99. The Morgan fingerprint density at radius 1 is 0.763 bits per heavy atom. The molecule has 1 aliphatic rings. The molecule has 0 atom stereocenters. The maximum absolute atomic E-state index is 13.2. The third kappa shape index (κ3) is 9.18. The highest BCUT2D eigenvalue weighted by atomic mass is 32.3. The Labute approximate surface area is 206 Å². The van der Waals surface area contributed by atoms with Crippen LogP contribution in [0.3, 0.4) is 0 Å². The molecule has 0 aromatic rings. The van der Waals surface area contributed by atoms with Gasteiger partial charge in [-0.15, -0.1) is 0 Å². The predicted molar refractivity (Wildman–Crippen MR) is 99.6 cm³/mol. The van der Waals surface area contributed by atoms with Crippen LogP contribution in [0.2, 0.25) is 0 Å². The monoisotopic (exact) mass is 638 g/mol. The van der Waals surface area contributed by atoms with Crippen LogP contribution in [0.15, 0.2) is 0 Å². The number of nitrogens with zero attached hydrogens (tertiary/aromatic N) is 2. The van der Waals surface area contributed by atoms with Crippen molar-refractivity contribution < 1.29 is 87.5 Å². The molecule has 1 saturated heterocycles. The van der Waals surface area contributed by atoms with Crippen LogP contribution < -0.4 is 0 Å². The number of sulfonamides is 2. The van der Waals surface area contributed by atoms with Gasteiger partial charge in [0.25, 0.3) is 0 Å². The van der Waals surface area contributed by atoms with Crippen molar-refractivity contribution in [2.24, 2.45) is 0 Å². The number of ether oxygens (including phenoxy) is 1. The van der Waals surface area contributed by atoms with Crippen molar-refractivity contribution in [3.63, 3.8) is 0 Å². The van der Waals surface area contributed by atoms with E-state index >= 15 is 0 Å². The summed E-state index contributed by atoms with van der Waals surface area (Å²) in [6.45, 7) is -0.573. The maximum Gasteiger partial charge on any atom is 0.480 e. The van der Waals surface area contributed by atoms with Gasteiger partial charge in [-0.05, 0) is 19.3 Å². The zero-order chi connectivity index (χ0) is 30.6. The van der Waals surface area contributed by atoms with Crippen molar-refractivity contribution >= 4 is 20.0 Å². The molecule has 0 spiro atoms. The van der Waals surface area contributed by atoms with Gasteiger partial charge in [-0.2, -0.15) is 52.7 Å². The first-order valence-electron chi connectivity index (χ1n) is 9.76. The lowest BCUT2D eigenvalue weighted by Gasteiger charge is -2.38. The second-order valence-electron chi connectivity index (χ2n) is 8.02. The minimum absolute atomic E-state index is 0.257.